The minimum atomic E-state index is 0.445. The molecule has 1 aromatic carbocycles. The molecule has 17 heavy (non-hydrogen) atoms. The average Bonchev–Trinajstić information content (AvgIpc) is 2.79. The van der Waals surface area contributed by atoms with Crippen LogP contribution < -0.4 is 4.90 Å². The molecule has 2 rings (SSSR count). The van der Waals surface area contributed by atoms with E-state index < -0.39 is 0 Å². The molecule has 0 amide bonds. The molecule has 1 aliphatic carbocycles. The predicted molar refractivity (Wildman–Crippen MR) is 79.2 cm³/mol. The molecular formula is C15H23NS. The molecule has 0 bridgehead atoms. The molecule has 94 valence electrons. The summed E-state index contributed by atoms with van der Waals surface area (Å²) >= 11 is 4.59. The first-order chi connectivity index (χ1) is 8.17. The lowest BCUT2D eigenvalue weighted by atomic mass is 9.87. The fourth-order valence-electron chi connectivity index (χ4n) is 3.07. The standard InChI is InChI=1S/C15H23NS/c1-13-7-3-4-8-14(13)16(2)11-15(12-17)9-5-6-10-15/h3-4,7-8,17H,5-6,9-12H2,1-2H3. The first-order valence-electron chi connectivity index (χ1n) is 6.54. The maximum atomic E-state index is 4.59. The van der Waals surface area contributed by atoms with E-state index in [0.29, 0.717) is 5.41 Å². The number of nitrogens with zero attached hydrogens (tertiary/aromatic N) is 1. The normalized spacial score (nSPS) is 18.3. The molecule has 0 spiro atoms. The molecule has 1 fully saturated rings. The third-order valence-corrected chi connectivity index (χ3v) is 4.77. The van der Waals surface area contributed by atoms with Crippen molar-refractivity contribution in [2.75, 3.05) is 24.2 Å². The number of benzene rings is 1. The van der Waals surface area contributed by atoms with Crippen molar-refractivity contribution < 1.29 is 0 Å². The zero-order valence-electron chi connectivity index (χ0n) is 10.9. The SMILES string of the molecule is Cc1ccccc1N(C)CC1(CS)CCCC1. The predicted octanol–water partition coefficient (Wildman–Crippen LogP) is 3.92. The Labute approximate surface area is 111 Å². The van der Waals surface area contributed by atoms with Crippen LogP contribution in [-0.2, 0) is 0 Å². The van der Waals surface area contributed by atoms with Crippen LogP contribution in [-0.4, -0.2) is 19.3 Å². The Morgan fingerprint density at radius 2 is 1.88 bits per heavy atom. The minimum absolute atomic E-state index is 0.445. The summed E-state index contributed by atoms with van der Waals surface area (Å²) in [6.45, 7) is 3.33. The van der Waals surface area contributed by atoms with Gasteiger partial charge in [0.2, 0.25) is 0 Å². The minimum Gasteiger partial charge on any atom is -0.374 e. The summed E-state index contributed by atoms with van der Waals surface area (Å²) in [6, 6.07) is 8.64. The quantitative estimate of drug-likeness (QED) is 0.792. The van der Waals surface area contributed by atoms with Crippen LogP contribution >= 0.6 is 12.6 Å². The van der Waals surface area contributed by atoms with Crippen LogP contribution in [0.5, 0.6) is 0 Å². The van der Waals surface area contributed by atoms with Crippen LogP contribution in [0.4, 0.5) is 5.69 Å². The van der Waals surface area contributed by atoms with E-state index in [-0.39, 0.29) is 0 Å². The van der Waals surface area contributed by atoms with Crippen LogP contribution in [0.25, 0.3) is 0 Å². The van der Waals surface area contributed by atoms with E-state index in [9.17, 15) is 0 Å². The van der Waals surface area contributed by atoms with Gasteiger partial charge in [-0.25, -0.2) is 0 Å². The third-order valence-electron chi connectivity index (χ3n) is 4.10. The molecule has 0 radical (unpaired) electrons. The Bertz CT molecular complexity index is 369. The van der Waals surface area contributed by atoms with Gasteiger partial charge in [0.05, 0.1) is 0 Å². The van der Waals surface area contributed by atoms with E-state index >= 15 is 0 Å². The first-order valence-corrected chi connectivity index (χ1v) is 7.18. The van der Waals surface area contributed by atoms with Gasteiger partial charge in [0.1, 0.15) is 0 Å². The van der Waals surface area contributed by atoms with Gasteiger partial charge in [-0.3, -0.25) is 0 Å². The van der Waals surface area contributed by atoms with Crippen LogP contribution in [0.15, 0.2) is 24.3 Å². The zero-order valence-corrected chi connectivity index (χ0v) is 11.8. The molecule has 1 aromatic rings. The summed E-state index contributed by atoms with van der Waals surface area (Å²) in [5.41, 5.74) is 3.17. The Balaban J connectivity index is 2.11. The van der Waals surface area contributed by atoms with E-state index in [1.807, 2.05) is 0 Å². The lowest BCUT2D eigenvalue weighted by Crippen LogP contribution is -2.35. The van der Waals surface area contributed by atoms with Crippen molar-refractivity contribution in [2.45, 2.75) is 32.6 Å². The molecule has 0 aromatic heterocycles. The summed E-state index contributed by atoms with van der Waals surface area (Å²) < 4.78 is 0. The molecule has 1 saturated carbocycles. The van der Waals surface area contributed by atoms with Crippen molar-refractivity contribution in [1.82, 2.24) is 0 Å². The summed E-state index contributed by atoms with van der Waals surface area (Å²) in [4.78, 5) is 2.41. The van der Waals surface area contributed by atoms with Gasteiger partial charge in [-0.15, -0.1) is 0 Å². The van der Waals surface area contributed by atoms with E-state index in [4.69, 9.17) is 0 Å². The lowest BCUT2D eigenvalue weighted by Gasteiger charge is -2.34. The molecule has 1 nitrogen and oxygen atoms in total. The lowest BCUT2D eigenvalue weighted by molar-refractivity contribution is 0.354. The van der Waals surface area contributed by atoms with Gasteiger partial charge in [-0.2, -0.15) is 12.6 Å². The third kappa shape index (κ3) is 2.79. The number of hydrogen-bond acceptors (Lipinski definition) is 2. The van der Waals surface area contributed by atoms with Crippen molar-refractivity contribution in [1.29, 1.82) is 0 Å². The summed E-state index contributed by atoms with van der Waals surface area (Å²) in [5.74, 6) is 1.02. The van der Waals surface area contributed by atoms with Gasteiger partial charge in [0.25, 0.3) is 0 Å². The van der Waals surface area contributed by atoms with Gasteiger partial charge in [-0.1, -0.05) is 31.0 Å². The second-order valence-corrected chi connectivity index (χ2v) is 5.82. The van der Waals surface area contributed by atoms with Gasteiger partial charge in [0.15, 0.2) is 0 Å². The van der Waals surface area contributed by atoms with Crippen LogP contribution in [0, 0.1) is 12.3 Å². The molecule has 0 N–H and O–H groups in total. The highest BCUT2D eigenvalue weighted by Crippen LogP contribution is 2.40. The molecule has 0 unspecified atom stereocenters. The molecular weight excluding hydrogens is 226 g/mol. The summed E-state index contributed by atoms with van der Waals surface area (Å²) in [6.07, 6.45) is 5.43. The van der Waals surface area contributed by atoms with Crippen molar-refractivity contribution in [3.63, 3.8) is 0 Å². The van der Waals surface area contributed by atoms with Crippen molar-refractivity contribution in [2.24, 2.45) is 5.41 Å². The fourth-order valence-corrected chi connectivity index (χ4v) is 3.49. The van der Waals surface area contributed by atoms with Gasteiger partial charge < -0.3 is 4.90 Å². The number of aryl methyl sites for hydroxylation is 1. The summed E-state index contributed by atoms with van der Waals surface area (Å²) in [5, 5.41) is 0. The van der Waals surface area contributed by atoms with Gasteiger partial charge >= 0.3 is 0 Å². The van der Waals surface area contributed by atoms with Gasteiger partial charge in [-0.05, 0) is 42.6 Å². The highest BCUT2D eigenvalue weighted by atomic mass is 32.1. The Hall–Kier alpha value is -0.630. The second kappa shape index (κ2) is 5.34. The van der Waals surface area contributed by atoms with Crippen LogP contribution in [0.1, 0.15) is 31.2 Å². The fraction of sp³-hybridized carbons (Fsp3) is 0.600. The van der Waals surface area contributed by atoms with Crippen molar-refractivity contribution in [3.05, 3.63) is 29.8 Å². The topological polar surface area (TPSA) is 3.24 Å². The highest BCUT2D eigenvalue weighted by molar-refractivity contribution is 7.80. The molecule has 2 heteroatoms. The molecule has 0 atom stereocenters. The molecule has 0 heterocycles. The van der Waals surface area contributed by atoms with E-state index in [1.54, 1.807) is 0 Å². The number of anilines is 1. The Kier molecular flexibility index (Phi) is 4.03. The molecule has 0 aliphatic heterocycles. The number of rotatable bonds is 4. The van der Waals surface area contributed by atoms with E-state index in [2.05, 4.69) is 55.8 Å². The van der Waals surface area contributed by atoms with Gasteiger partial charge in [0, 0.05) is 19.3 Å². The van der Waals surface area contributed by atoms with Crippen LogP contribution in [0.2, 0.25) is 0 Å². The van der Waals surface area contributed by atoms with E-state index in [0.717, 1.165) is 12.3 Å². The Morgan fingerprint density at radius 3 is 2.47 bits per heavy atom. The highest BCUT2D eigenvalue weighted by Gasteiger charge is 2.33. The van der Waals surface area contributed by atoms with Crippen LogP contribution in [0.3, 0.4) is 0 Å². The monoisotopic (exact) mass is 249 g/mol. The number of para-hydroxylation sites is 1. The number of thiol groups is 1. The largest absolute Gasteiger partial charge is 0.374 e. The first kappa shape index (κ1) is 12.8. The smallest absolute Gasteiger partial charge is 0.0393 e. The van der Waals surface area contributed by atoms with E-state index in [1.165, 1.54) is 36.9 Å². The maximum Gasteiger partial charge on any atom is 0.0393 e. The Morgan fingerprint density at radius 1 is 1.24 bits per heavy atom. The number of hydrogen-bond donors (Lipinski definition) is 1. The van der Waals surface area contributed by atoms with Crippen molar-refractivity contribution in [3.8, 4) is 0 Å². The molecule has 1 aliphatic rings. The zero-order chi connectivity index (χ0) is 12.3. The second-order valence-electron chi connectivity index (χ2n) is 5.51. The average molecular weight is 249 g/mol. The maximum absolute atomic E-state index is 4.59. The summed E-state index contributed by atoms with van der Waals surface area (Å²) in [7, 11) is 2.21. The van der Waals surface area contributed by atoms with Crippen molar-refractivity contribution >= 4 is 18.3 Å². The molecule has 0 saturated heterocycles.